The molecule has 2 N–H and O–H groups in total. The number of carbonyl (C=O) groups is 1. The quantitative estimate of drug-likeness (QED) is 0.903. The minimum absolute atomic E-state index is 0.0136. The largest absolute Gasteiger partial charge is 0.497 e. The monoisotopic (exact) mass is 331 g/mol. The summed E-state index contributed by atoms with van der Waals surface area (Å²) in [6, 6.07) is 7.69. The van der Waals surface area contributed by atoms with Gasteiger partial charge in [-0.3, -0.25) is 4.79 Å². The average molecular weight is 331 g/mol. The molecule has 122 valence electrons. The van der Waals surface area contributed by atoms with E-state index in [1.165, 1.54) is 11.3 Å². The van der Waals surface area contributed by atoms with Crippen LogP contribution in [0.5, 0.6) is 5.75 Å². The van der Waals surface area contributed by atoms with Gasteiger partial charge in [0.1, 0.15) is 5.75 Å². The van der Waals surface area contributed by atoms with Gasteiger partial charge in [0.05, 0.1) is 18.8 Å². The molecule has 23 heavy (non-hydrogen) atoms. The summed E-state index contributed by atoms with van der Waals surface area (Å²) < 4.78 is 5.18. The van der Waals surface area contributed by atoms with Crippen LogP contribution in [0, 0.1) is 6.92 Å². The van der Waals surface area contributed by atoms with Gasteiger partial charge in [-0.2, -0.15) is 0 Å². The van der Waals surface area contributed by atoms with Crippen molar-refractivity contribution in [3.05, 3.63) is 29.1 Å². The molecule has 3 rings (SSSR count). The summed E-state index contributed by atoms with van der Waals surface area (Å²) in [6.07, 6.45) is 3.13. The van der Waals surface area contributed by atoms with Crippen molar-refractivity contribution in [3.63, 3.8) is 0 Å². The first-order valence-electron chi connectivity index (χ1n) is 7.83. The molecule has 0 aliphatic carbocycles. The van der Waals surface area contributed by atoms with E-state index >= 15 is 0 Å². The minimum atomic E-state index is -0.0996. The van der Waals surface area contributed by atoms with Gasteiger partial charge in [0.2, 0.25) is 5.91 Å². The zero-order valence-corrected chi connectivity index (χ0v) is 14.2. The van der Waals surface area contributed by atoms with Crippen LogP contribution in [0.3, 0.4) is 0 Å². The van der Waals surface area contributed by atoms with Crippen LogP contribution in [0.2, 0.25) is 0 Å². The molecule has 1 atom stereocenters. The third-order valence-electron chi connectivity index (χ3n) is 4.02. The van der Waals surface area contributed by atoms with Crippen molar-refractivity contribution in [2.45, 2.75) is 32.2 Å². The Morgan fingerprint density at radius 1 is 1.35 bits per heavy atom. The van der Waals surface area contributed by atoms with E-state index in [-0.39, 0.29) is 11.9 Å². The van der Waals surface area contributed by atoms with Gasteiger partial charge in [-0.1, -0.05) is 6.42 Å². The third kappa shape index (κ3) is 3.71. The van der Waals surface area contributed by atoms with Crippen molar-refractivity contribution in [2.75, 3.05) is 19.0 Å². The molecule has 0 radical (unpaired) electrons. The molecular formula is C17H21N3O2S. The molecule has 1 aromatic heterocycles. The van der Waals surface area contributed by atoms with Gasteiger partial charge in [-0.15, -0.1) is 11.3 Å². The Bertz CT molecular complexity index is 676. The molecule has 0 spiro atoms. The number of benzene rings is 1. The van der Waals surface area contributed by atoms with E-state index in [1.54, 1.807) is 7.11 Å². The second kappa shape index (κ2) is 7.10. The zero-order valence-electron chi connectivity index (χ0n) is 13.4. The highest BCUT2D eigenvalue weighted by atomic mass is 32.1. The zero-order chi connectivity index (χ0) is 16.2. The Kier molecular flexibility index (Phi) is 4.93. The SMILES string of the molecule is COc1ccc(-c2nc(NC(=O)C3CCCCN3)sc2C)cc1. The number of hydrogen-bond acceptors (Lipinski definition) is 5. The van der Waals surface area contributed by atoms with E-state index in [4.69, 9.17) is 4.74 Å². The first kappa shape index (κ1) is 16.0. The van der Waals surface area contributed by atoms with Crippen LogP contribution in [0.15, 0.2) is 24.3 Å². The van der Waals surface area contributed by atoms with E-state index in [0.29, 0.717) is 5.13 Å². The Hall–Kier alpha value is -1.92. The van der Waals surface area contributed by atoms with Gasteiger partial charge in [0.25, 0.3) is 0 Å². The summed E-state index contributed by atoms with van der Waals surface area (Å²) in [6.45, 7) is 2.93. The number of ether oxygens (including phenoxy) is 1. The lowest BCUT2D eigenvalue weighted by Crippen LogP contribution is -2.43. The van der Waals surface area contributed by atoms with Crippen molar-refractivity contribution < 1.29 is 9.53 Å². The van der Waals surface area contributed by atoms with E-state index in [9.17, 15) is 4.79 Å². The van der Waals surface area contributed by atoms with Crippen LogP contribution in [0.1, 0.15) is 24.1 Å². The Morgan fingerprint density at radius 3 is 2.78 bits per heavy atom. The summed E-state index contributed by atoms with van der Waals surface area (Å²) in [5, 5.41) is 6.86. The molecule has 1 fully saturated rings. The molecule has 0 bridgehead atoms. The topological polar surface area (TPSA) is 63.2 Å². The number of amides is 1. The maximum atomic E-state index is 12.3. The number of rotatable bonds is 4. The molecule has 1 aliphatic rings. The van der Waals surface area contributed by atoms with Crippen LogP contribution >= 0.6 is 11.3 Å². The minimum Gasteiger partial charge on any atom is -0.497 e. The maximum Gasteiger partial charge on any atom is 0.243 e. The number of carbonyl (C=O) groups excluding carboxylic acids is 1. The van der Waals surface area contributed by atoms with Crippen LogP contribution < -0.4 is 15.4 Å². The van der Waals surface area contributed by atoms with Crippen molar-refractivity contribution in [1.29, 1.82) is 0 Å². The van der Waals surface area contributed by atoms with Crippen molar-refractivity contribution in [3.8, 4) is 17.0 Å². The predicted octanol–water partition coefficient (Wildman–Crippen LogP) is 3.21. The first-order chi connectivity index (χ1) is 11.2. The Balaban J connectivity index is 1.73. The van der Waals surface area contributed by atoms with Crippen molar-refractivity contribution >= 4 is 22.4 Å². The summed E-state index contributed by atoms with van der Waals surface area (Å²) in [5.41, 5.74) is 1.93. The van der Waals surface area contributed by atoms with Gasteiger partial charge < -0.3 is 15.4 Å². The molecule has 1 amide bonds. The maximum absolute atomic E-state index is 12.3. The number of hydrogen-bond donors (Lipinski definition) is 2. The molecule has 2 heterocycles. The number of aryl methyl sites for hydroxylation is 1. The molecule has 1 saturated heterocycles. The fraction of sp³-hybridized carbons (Fsp3) is 0.412. The lowest BCUT2D eigenvalue weighted by Gasteiger charge is -2.21. The van der Waals surface area contributed by atoms with E-state index in [0.717, 1.165) is 47.7 Å². The second-order valence-electron chi connectivity index (χ2n) is 5.64. The lowest BCUT2D eigenvalue weighted by atomic mass is 10.0. The first-order valence-corrected chi connectivity index (χ1v) is 8.65. The molecular weight excluding hydrogens is 310 g/mol. The highest BCUT2D eigenvalue weighted by Crippen LogP contribution is 2.31. The molecule has 1 unspecified atom stereocenters. The van der Waals surface area contributed by atoms with Crippen LogP contribution in [-0.2, 0) is 4.79 Å². The van der Waals surface area contributed by atoms with Crippen molar-refractivity contribution in [1.82, 2.24) is 10.3 Å². The Morgan fingerprint density at radius 2 is 2.13 bits per heavy atom. The smallest absolute Gasteiger partial charge is 0.243 e. The van der Waals surface area contributed by atoms with Gasteiger partial charge >= 0.3 is 0 Å². The molecule has 0 saturated carbocycles. The fourth-order valence-corrected chi connectivity index (χ4v) is 3.57. The van der Waals surface area contributed by atoms with Gasteiger partial charge in [-0.25, -0.2) is 4.98 Å². The van der Waals surface area contributed by atoms with E-state index in [1.807, 2.05) is 31.2 Å². The van der Waals surface area contributed by atoms with Crippen LogP contribution in [0.4, 0.5) is 5.13 Å². The number of aromatic nitrogens is 1. The molecule has 6 heteroatoms. The molecule has 2 aromatic rings. The number of nitrogens with one attached hydrogen (secondary N) is 2. The van der Waals surface area contributed by atoms with Crippen LogP contribution in [0.25, 0.3) is 11.3 Å². The average Bonchev–Trinajstić information content (AvgIpc) is 2.96. The third-order valence-corrected chi connectivity index (χ3v) is 4.90. The summed E-state index contributed by atoms with van der Waals surface area (Å²) in [7, 11) is 1.65. The van der Waals surface area contributed by atoms with Crippen LogP contribution in [-0.4, -0.2) is 30.6 Å². The number of thiazole rings is 1. The molecule has 5 nitrogen and oxygen atoms in total. The summed E-state index contributed by atoms with van der Waals surface area (Å²) in [4.78, 5) is 18.0. The van der Waals surface area contributed by atoms with Gasteiger partial charge in [0, 0.05) is 10.4 Å². The van der Waals surface area contributed by atoms with Gasteiger partial charge in [0.15, 0.2) is 5.13 Å². The number of methoxy groups -OCH3 is 1. The normalized spacial score (nSPS) is 17.7. The Labute approximate surface area is 140 Å². The number of nitrogens with zero attached hydrogens (tertiary/aromatic N) is 1. The standard InChI is InChI=1S/C17H21N3O2S/c1-11-15(12-6-8-13(22-2)9-7-12)19-17(23-11)20-16(21)14-5-3-4-10-18-14/h6-9,14,18H,3-5,10H2,1-2H3,(H,19,20,21). The van der Waals surface area contributed by atoms with E-state index < -0.39 is 0 Å². The number of anilines is 1. The van der Waals surface area contributed by atoms with Crippen molar-refractivity contribution in [2.24, 2.45) is 0 Å². The molecule has 1 aromatic carbocycles. The second-order valence-corrected chi connectivity index (χ2v) is 6.85. The highest BCUT2D eigenvalue weighted by molar-refractivity contribution is 7.16. The van der Waals surface area contributed by atoms with E-state index in [2.05, 4.69) is 15.6 Å². The fourth-order valence-electron chi connectivity index (χ4n) is 2.73. The highest BCUT2D eigenvalue weighted by Gasteiger charge is 2.22. The summed E-state index contributed by atoms with van der Waals surface area (Å²) in [5.74, 6) is 0.832. The van der Waals surface area contributed by atoms with Gasteiger partial charge in [-0.05, 0) is 50.6 Å². The summed E-state index contributed by atoms with van der Waals surface area (Å²) >= 11 is 1.51. The lowest BCUT2D eigenvalue weighted by molar-refractivity contribution is -0.118. The predicted molar refractivity (Wildman–Crippen MR) is 93.1 cm³/mol. The molecule has 1 aliphatic heterocycles. The number of piperidine rings is 1.